The molecule has 2 aromatic carbocycles. The van der Waals surface area contributed by atoms with Crippen LogP contribution in [0.4, 0.5) is 5.69 Å². The van der Waals surface area contributed by atoms with Gasteiger partial charge in [0, 0.05) is 18.2 Å². The van der Waals surface area contributed by atoms with Crippen molar-refractivity contribution in [3.8, 4) is 11.5 Å². The number of carbonyl (C=O) groups is 2. The molecule has 1 amide bonds. The Bertz CT molecular complexity index is 1040. The maximum Gasteiger partial charge on any atom is 0.363 e. The van der Waals surface area contributed by atoms with Crippen molar-refractivity contribution in [1.29, 1.82) is 0 Å². The molecule has 0 aromatic heterocycles. The van der Waals surface area contributed by atoms with Crippen molar-refractivity contribution in [2.75, 3.05) is 18.5 Å². The Hall–Kier alpha value is -3.32. The fraction of sp³-hybridized carbons (Fsp3) is 0.261. The van der Waals surface area contributed by atoms with E-state index in [-0.39, 0.29) is 17.5 Å². The van der Waals surface area contributed by atoms with Crippen LogP contribution in [0, 0.1) is 0 Å². The predicted octanol–water partition coefficient (Wildman–Crippen LogP) is 4.83. The number of amides is 1. The van der Waals surface area contributed by atoms with Gasteiger partial charge in [-0.15, -0.1) is 0 Å². The Kier molecular flexibility index (Phi) is 7.31. The highest BCUT2D eigenvalue weighted by atomic mass is 35.5. The summed E-state index contributed by atoms with van der Waals surface area (Å²) in [5, 5.41) is 3.06. The predicted molar refractivity (Wildman–Crippen MR) is 120 cm³/mol. The lowest BCUT2D eigenvalue weighted by Crippen LogP contribution is -2.07. The molecular formula is C23H23ClN2O5. The summed E-state index contributed by atoms with van der Waals surface area (Å²) in [6, 6.07) is 10.3. The largest absolute Gasteiger partial charge is 0.490 e. The van der Waals surface area contributed by atoms with Gasteiger partial charge in [-0.1, -0.05) is 18.5 Å². The SMILES string of the molecule is CCCOc1c(Cl)cc(/C=C2\N=C(c3ccc(NC(C)=O)cc3)OC2=O)cc1OCC. The Labute approximate surface area is 185 Å². The molecule has 0 radical (unpaired) electrons. The molecule has 1 aliphatic heterocycles. The molecule has 0 bridgehead atoms. The second-order valence-corrected chi connectivity index (χ2v) is 7.11. The average molecular weight is 443 g/mol. The second kappa shape index (κ2) is 10.1. The molecule has 0 spiro atoms. The van der Waals surface area contributed by atoms with E-state index >= 15 is 0 Å². The van der Waals surface area contributed by atoms with Crippen molar-refractivity contribution < 1.29 is 23.8 Å². The lowest BCUT2D eigenvalue weighted by atomic mass is 10.1. The highest BCUT2D eigenvalue weighted by Crippen LogP contribution is 2.37. The van der Waals surface area contributed by atoms with Crippen LogP contribution in [0.3, 0.4) is 0 Å². The van der Waals surface area contributed by atoms with Gasteiger partial charge in [-0.2, -0.15) is 0 Å². The molecule has 0 unspecified atom stereocenters. The smallest absolute Gasteiger partial charge is 0.363 e. The van der Waals surface area contributed by atoms with Gasteiger partial charge >= 0.3 is 5.97 Å². The number of hydrogen-bond acceptors (Lipinski definition) is 6. The van der Waals surface area contributed by atoms with Crippen LogP contribution in [0.1, 0.15) is 38.3 Å². The van der Waals surface area contributed by atoms with Crippen molar-refractivity contribution in [1.82, 2.24) is 0 Å². The first-order chi connectivity index (χ1) is 14.9. The Morgan fingerprint density at radius 2 is 1.94 bits per heavy atom. The monoisotopic (exact) mass is 442 g/mol. The molecule has 162 valence electrons. The Balaban J connectivity index is 1.88. The van der Waals surface area contributed by atoms with Crippen molar-refractivity contribution in [3.63, 3.8) is 0 Å². The maximum absolute atomic E-state index is 12.3. The standard InChI is InChI=1S/C23H23ClN2O5/c1-4-10-30-21-18(24)11-15(13-20(21)29-5-2)12-19-23(28)31-22(26-19)16-6-8-17(9-7-16)25-14(3)27/h6-9,11-13H,4-5,10H2,1-3H3,(H,25,27)/b19-12-. The van der Waals surface area contributed by atoms with E-state index in [0.29, 0.717) is 46.5 Å². The lowest BCUT2D eigenvalue weighted by molar-refractivity contribution is -0.129. The first-order valence-electron chi connectivity index (χ1n) is 9.91. The van der Waals surface area contributed by atoms with Crippen LogP contribution < -0.4 is 14.8 Å². The molecule has 0 saturated carbocycles. The van der Waals surface area contributed by atoms with Crippen molar-refractivity contribution in [2.24, 2.45) is 4.99 Å². The van der Waals surface area contributed by atoms with Gasteiger partial charge in [0.1, 0.15) is 0 Å². The lowest BCUT2D eigenvalue weighted by Gasteiger charge is -2.14. The number of carbonyl (C=O) groups excluding carboxylic acids is 2. The number of esters is 1. The van der Waals surface area contributed by atoms with Crippen LogP contribution in [0.5, 0.6) is 11.5 Å². The summed E-state index contributed by atoms with van der Waals surface area (Å²) in [4.78, 5) is 27.8. The molecule has 1 heterocycles. The van der Waals surface area contributed by atoms with Gasteiger partial charge in [-0.3, -0.25) is 4.79 Å². The van der Waals surface area contributed by atoms with E-state index in [0.717, 1.165) is 6.42 Å². The summed E-state index contributed by atoms with van der Waals surface area (Å²) in [6.45, 7) is 6.25. The normalized spacial score (nSPS) is 14.3. The molecule has 8 heteroatoms. The Morgan fingerprint density at radius 1 is 1.19 bits per heavy atom. The van der Waals surface area contributed by atoms with E-state index in [9.17, 15) is 9.59 Å². The van der Waals surface area contributed by atoms with E-state index in [1.165, 1.54) is 6.92 Å². The zero-order valence-electron chi connectivity index (χ0n) is 17.5. The summed E-state index contributed by atoms with van der Waals surface area (Å²) in [5.74, 6) is 0.425. The number of halogens is 1. The highest BCUT2D eigenvalue weighted by molar-refractivity contribution is 6.32. The summed E-state index contributed by atoms with van der Waals surface area (Å²) in [6.07, 6.45) is 2.42. The van der Waals surface area contributed by atoms with Gasteiger partial charge in [0.2, 0.25) is 11.8 Å². The van der Waals surface area contributed by atoms with Gasteiger partial charge in [0.25, 0.3) is 0 Å². The van der Waals surface area contributed by atoms with E-state index in [1.807, 2.05) is 13.8 Å². The fourth-order valence-electron chi connectivity index (χ4n) is 2.87. The molecule has 0 aliphatic carbocycles. The zero-order chi connectivity index (χ0) is 22.4. The van der Waals surface area contributed by atoms with Gasteiger partial charge in [-0.05, 0) is 61.4 Å². The van der Waals surface area contributed by atoms with Crippen LogP contribution in [-0.4, -0.2) is 31.0 Å². The molecule has 7 nitrogen and oxygen atoms in total. The first-order valence-corrected chi connectivity index (χ1v) is 10.3. The van der Waals surface area contributed by atoms with Gasteiger partial charge < -0.3 is 19.5 Å². The van der Waals surface area contributed by atoms with E-state index < -0.39 is 5.97 Å². The summed E-state index contributed by atoms with van der Waals surface area (Å²) in [7, 11) is 0. The van der Waals surface area contributed by atoms with Gasteiger partial charge in [0.15, 0.2) is 17.2 Å². The summed E-state index contributed by atoms with van der Waals surface area (Å²) >= 11 is 6.39. The average Bonchev–Trinajstić information content (AvgIpc) is 3.08. The third-order valence-electron chi connectivity index (χ3n) is 4.16. The van der Waals surface area contributed by atoms with Gasteiger partial charge in [-0.25, -0.2) is 9.79 Å². The van der Waals surface area contributed by atoms with Gasteiger partial charge in [0.05, 0.1) is 18.2 Å². The van der Waals surface area contributed by atoms with Crippen molar-refractivity contribution in [2.45, 2.75) is 27.2 Å². The number of aliphatic imine (C=N–C) groups is 1. The number of ether oxygens (including phenoxy) is 3. The molecule has 0 saturated heterocycles. The number of benzene rings is 2. The van der Waals surface area contributed by atoms with Crippen LogP contribution in [0.2, 0.25) is 5.02 Å². The number of hydrogen-bond donors (Lipinski definition) is 1. The van der Waals surface area contributed by atoms with E-state index in [2.05, 4.69) is 10.3 Å². The molecule has 1 N–H and O–H groups in total. The minimum absolute atomic E-state index is 0.140. The van der Waals surface area contributed by atoms with Crippen LogP contribution in [-0.2, 0) is 14.3 Å². The summed E-state index contributed by atoms with van der Waals surface area (Å²) in [5.41, 5.74) is 2.03. The Morgan fingerprint density at radius 3 is 2.58 bits per heavy atom. The quantitative estimate of drug-likeness (QED) is 0.467. The van der Waals surface area contributed by atoms with Crippen LogP contribution >= 0.6 is 11.6 Å². The number of nitrogens with one attached hydrogen (secondary N) is 1. The molecule has 31 heavy (non-hydrogen) atoms. The highest BCUT2D eigenvalue weighted by Gasteiger charge is 2.24. The zero-order valence-corrected chi connectivity index (χ0v) is 18.3. The van der Waals surface area contributed by atoms with Crippen LogP contribution in [0.25, 0.3) is 6.08 Å². The van der Waals surface area contributed by atoms with E-state index in [4.69, 9.17) is 25.8 Å². The minimum atomic E-state index is -0.568. The molecule has 1 aliphatic rings. The van der Waals surface area contributed by atoms with E-state index in [1.54, 1.807) is 42.5 Å². The minimum Gasteiger partial charge on any atom is -0.490 e. The third-order valence-corrected chi connectivity index (χ3v) is 4.44. The fourth-order valence-corrected chi connectivity index (χ4v) is 3.14. The number of rotatable bonds is 8. The number of cyclic esters (lactones) is 1. The molecule has 0 atom stereocenters. The van der Waals surface area contributed by atoms with Crippen LogP contribution in [0.15, 0.2) is 47.1 Å². The van der Waals surface area contributed by atoms with Crippen molar-refractivity contribution >= 4 is 41.1 Å². The second-order valence-electron chi connectivity index (χ2n) is 6.71. The maximum atomic E-state index is 12.3. The molecule has 3 rings (SSSR count). The summed E-state index contributed by atoms with van der Waals surface area (Å²) < 4.78 is 16.7. The first kappa shape index (κ1) is 22.4. The number of nitrogens with zero attached hydrogens (tertiary/aromatic N) is 1. The molecular weight excluding hydrogens is 420 g/mol. The molecule has 2 aromatic rings. The third kappa shape index (κ3) is 5.64. The molecule has 0 fully saturated rings. The topological polar surface area (TPSA) is 86.2 Å². The van der Waals surface area contributed by atoms with Crippen molar-refractivity contribution in [3.05, 3.63) is 58.2 Å². The number of anilines is 1.